The van der Waals surface area contributed by atoms with Crippen LogP contribution >= 0.6 is 0 Å². The highest BCUT2D eigenvalue weighted by molar-refractivity contribution is 7.86. The second-order valence-electron chi connectivity index (χ2n) is 3.57. The van der Waals surface area contributed by atoms with E-state index < -0.39 is 10.2 Å². The third-order valence-electron chi connectivity index (χ3n) is 2.62. The minimum absolute atomic E-state index is 0.123. The molecule has 5 heteroatoms. The van der Waals surface area contributed by atoms with Gasteiger partial charge in [0.2, 0.25) is 0 Å². The molecule has 1 aliphatic rings. The molecule has 1 saturated heterocycles. The van der Waals surface area contributed by atoms with Gasteiger partial charge in [-0.2, -0.15) is 12.7 Å². The van der Waals surface area contributed by atoms with Crippen LogP contribution in [0.3, 0.4) is 0 Å². The van der Waals surface area contributed by atoms with Gasteiger partial charge in [-0.15, -0.1) is 0 Å². The average molecular weight is 206 g/mol. The van der Waals surface area contributed by atoms with E-state index in [1.807, 2.05) is 6.92 Å². The molecule has 2 N–H and O–H groups in total. The maximum atomic E-state index is 11.2. The zero-order chi connectivity index (χ0) is 9.90. The molecule has 78 valence electrons. The van der Waals surface area contributed by atoms with Crippen molar-refractivity contribution >= 4 is 10.2 Å². The van der Waals surface area contributed by atoms with Crippen molar-refractivity contribution < 1.29 is 8.42 Å². The van der Waals surface area contributed by atoms with Gasteiger partial charge in [0.1, 0.15) is 0 Å². The molecule has 1 rings (SSSR count). The molecule has 1 aliphatic heterocycles. The Balaban J connectivity index is 2.77. The molecule has 13 heavy (non-hydrogen) atoms. The third kappa shape index (κ3) is 2.93. The van der Waals surface area contributed by atoms with Crippen LogP contribution < -0.4 is 5.14 Å². The SMILES string of the molecule is CCC1CCCCCN1S(N)(=O)=O. The van der Waals surface area contributed by atoms with Gasteiger partial charge in [0.15, 0.2) is 0 Å². The van der Waals surface area contributed by atoms with Crippen molar-refractivity contribution in [3.63, 3.8) is 0 Å². The van der Waals surface area contributed by atoms with Crippen molar-refractivity contribution in [2.24, 2.45) is 5.14 Å². The summed E-state index contributed by atoms with van der Waals surface area (Å²) in [7, 11) is -3.48. The van der Waals surface area contributed by atoms with Crippen molar-refractivity contribution in [1.29, 1.82) is 0 Å². The minimum Gasteiger partial charge on any atom is -0.216 e. The van der Waals surface area contributed by atoms with Gasteiger partial charge in [0, 0.05) is 12.6 Å². The summed E-state index contributed by atoms with van der Waals surface area (Å²) in [5.41, 5.74) is 0. The summed E-state index contributed by atoms with van der Waals surface area (Å²) in [6.07, 6.45) is 4.98. The second kappa shape index (κ2) is 4.39. The molecule has 1 heterocycles. The predicted molar refractivity (Wildman–Crippen MR) is 52.4 cm³/mol. The van der Waals surface area contributed by atoms with Gasteiger partial charge in [-0.25, -0.2) is 5.14 Å². The van der Waals surface area contributed by atoms with Gasteiger partial charge in [0.25, 0.3) is 10.2 Å². The lowest BCUT2D eigenvalue weighted by Gasteiger charge is -2.25. The topological polar surface area (TPSA) is 63.4 Å². The van der Waals surface area contributed by atoms with E-state index >= 15 is 0 Å². The highest BCUT2D eigenvalue weighted by Gasteiger charge is 2.26. The molecule has 0 saturated carbocycles. The second-order valence-corrected chi connectivity index (χ2v) is 5.07. The monoisotopic (exact) mass is 206 g/mol. The van der Waals surface area contributed by atoms with Gasteiger partial charge in [-0.05, 0) is 19.3 Å². The van der Waals surface area contributed by atoms with Crippen molar-refractivity contribution in [3.05, 3.63) is 0 Å². The Morgan fingerprint density at radius 1 is 1.38 bits per heavy atom. The van der Waals surface area contributed by atoms with Crippen molar-refractivity contribution in [2.75, 3.05) is 6.54 Å². The van der Waals surface area contributed by atoms with Crippen LogP contribution in [0.25, 0.3) is 0 Å². The smallest absolute Gasteiger partial charge is 0.216 e. The first-order chi connectivity index (χ1) is 6.05. The van der Waals surface area contributed by atoms with Gasteiger partial charge in [-0.3, -0.25) is 0 Å². The Kier molecular flexibility index (Phi) is 3.70. The average Bonchev–Trinajstić information content (AvgIpc) is 2.26. The summed E-state index contributed by atoms with van der Waals surface area (Å²) >= 11 is 0. The molecule has 1 fully saturated rings. The number of nitrogens with zero attached hydrogens (tertiary/aromatic N) is 1. The third-order valence-corrected chi connectivity index (χ3v) is 3.76. The fourth-order valence-electron chi connectivity index (χ4n) is 1.89. The fraction of sp³-hybridized carbons (Fsp3) is 1.00. The van der Waals surface area contributed by atoms with E-state index in [0.29, 0.717) is 6.54 Å². The van der Waals surface area contributed by atoms with Crippen molar-refractivity contribution in [3.8, 4) is 0 Å². The van der Waals surface area contributed by atoms with Crippen LogP contribution in [0, 0.1) is 0 Å². The number of hydrogen-bond donors (Lipinski definition) is 1. The first-order valence-corrected chi connectivity index (χ1v) is 6.35. The first kappa shape index (κ1) is 10.9. The molecular formula is C8H18N2O2S. The Morgan fingerprint density at radius 3 is 2.62 bits per heavy atom. The normalized spacial score (nSPS) is 27.1. The summed E-state index contributed by atoms with van der Waals surface area (Å²) in [5, 5.41) is 5.14. The standard InChI is InChI=1S/C8H18N2O2S/c1-2-8-6-4-3-5-7-10(8)13(9,11)12/h8H,2-7H2,1H3,(H2,9,11,12). The molecule has 0 bridgehead atoms. The van der Waals surface area contributed by atoms with E-state index in [0.717, 1.165) is 32.1 Å². The zero-order valence-electron chi connectivity index (χ0n) is 8.07. The lowest BCUT2D eigenvalue weighted by molar-refractivity contribution is 0.315. The van der Waals surface area contributed by atoms with Crippen LogP contribution in [-0.2, 0) is 10.2 Å². The molecule has 0 aromatic rings. The van der Waals surface area contributed by atoms with Gasteiger partial charge in [-0.1, -0.05) is 19.8 Å². The van der Waals surface area contributed by atoms with Crippen LogP contribution in [0.5, 0.6) is 0 Å². The molecule has 0 aliphatic carbocycles. The number of rotatable bonds is 2. The molecule has 0 spiro atoms. The van der Waals surface area contributed by atoms with Crippen molar-refractivity contribution in [1.82, 2.24) is 4.31 Å². The summed E-state index contributed by atoms with van der Waals surface area (Å²) in [4.78, 5) is 0. The Hall–Kier alpha value is -0.130. The summed E-state index contributed by atoms with van der Waals surface area (Å²) in [6, 6.07) is 0.123. The van der Waals surface area contributed by atoms with Crippen LogP contribution in [0.15, 0.2) is 0 Å². The maximum Gasteiger partial charge on any atom is 0.277 e. The van der Waals surface area contributed by atoms with Crippen LogP contribution in [0.2, 0.25) is 0 Å². The van der Waals surface area contributed by atoms with Gasteiger partial charge in [0.05, 0.1) is 0 Å². The Labute approximate surface area is 80.3 Å². The van der Waals surface area contributed by atoms with Crippen molar-refractivity contribution in [2.45, 2.75) is 45.1 Å². The van der Waals surface area contributed by atoms with Crippen LogP contribution in [0.4, 0.5) is 0 Å². The van der Waals surface area contributed by atoms with Gasteiger partial charge < -0.3 is 0 Å². The molecule has 0 aromatic heterocycles. The molecule has 0 aromatic carbocycles. The molecule has 0 radical (unpaired) electrons. The van der Waals surface area contributed by atoms with E-state index in [4.69, 9.17) is 5.14 Å². The number of nitrogens with two attached hydrogens (primary N) is 1. The molecular weight excluding hydrogens is 188 g/mol. The first-order valence-electron chi connectivity index (χ1n) is 4.85. The van der Waals surface area contributed by atoms with Gasteiger partial charge >= 0.3 is 0 Å². The highest BCUT2D eigenvalue weighted by atomic mass is 32.2. The minimum atomic E-state index is -3.48. The maximum absolute atomic E-state index is 11.2. The predicted octanol–water partition coefficient (Wildman–Crippen LogP) is 0.845. The summed E-state index contributed by atoms with van der Waals surface area (Å²) < 4.78 is 23.9. The van der Waals surface area contributed by atoms with Crippen LogP contribution in [0.1, 0.15) is 39.0 Å². The lowest BCUT2D eigenvalue weighted by atomic mass is 10.1. The van der Waals surface area contributed by atoms with Crippen LogP contribution in [-0.4, -0.2) is 25.3 Å². The van der Waals surface area contributed by atoms with E-state index in [1.54, 1.807) is 0 Å². The molecule has 1 atom stereocenters. The summed E-state index contributed by atoms with van der Waals surface area (Å²) in [6.45, 7) is 2.60. The van der Waals surface area contributed by atoms with E-state index in [9.17, 15) is 8.42 Å². The molecule has 4 nitrogen and oxygen atoms in total. The highest BCUT2D eigenvalue weighted by Crippen LogP contribution is 2.20. The Morgan fingerprint density at radius 2 is 2.08 bits per heavy atom. The number of hydrogen-bond acceptors (Lipinski definition) is 2. The largest absolute Gasteiger partial charge is 0.277 e. The Bertz CT molecular complexity index is 251. The van der Waals surface area contributed by atoms with E-state index in [1.165, 1.54) is 4.31 Å². The fourth-order valence-corrected chi connectivity index (χ4v) is 2.95. The van der Waals surface area contributed by atoms with E-state index in [-0.39, 0.29) is 6.04 Å². The zero-order valence-corrected chi connectivity index (χ0v) is 8.89. The quantitative estimate of drug-likeness (QED) is 0.728. The molecule has 0 amide bonds. The summed E-state index contributed by atoms with van der Waals surface area (Å²) in [5.74, 6) is 0. The van der Waals surface area contributed by atoms with E-state index in [2.05, 4.69) is 0 Å². The molecule has 1 unspecified atom stereocenters. The lowest BCUT2D eigenvalue weighted by Crippen LogP contribution is -2.43.